The molecule has 0 saturated carbocycles. The van der Waals surface area contributed by atoms with E-state index in [2.05, 4.69) is 17.6 Å². The van der Waals surface area contributed by atoms with Gasteiger partial charge in [0.1, 0.15) is 5.75 Å². The molecule has 0 aliphatic carbocycles. The number of hydrogen-bond acceptors (Lipinski definition) is 6. The second-order valence-electron chi connectivity index (χ2n) is 6.72. The van der Waals surface area contributed by atoms with Crippen LogP contribution in [-0.2, 0) is 11.3 Å². The van der Waals surface area contributed by atoms with Crippen LogP contribution in [-0.4, -0.2) is 46.3 Å². The summed E-state index contributed by atoms with van der Waals surface area (Å²) < 4.78 is 21.5. The Morgan fingerprint density at radius 1 is 0.903 bits per heavy atom. The van der Waals surface area contributed by atoms with Crippen molar-refractivity contribution in [3.63, 3.8) is 0 Å². The largest absolute Gasteiger partial charge is 0.494 e. The van der Waals surface area contributed by atoms with E-state index >= 15 is 0 Å². The van der Waals surface area contributed by atoms with E-state index < -0.39 is 0 Å². The van der Waals surface area contributed by atoms with Gasteiger partial charge in [0.25, 0.3) is 5.91 Å². The van der Waals surface area contributed by atoms with Crippen LogP contribution in [0.1, 0.15) is 35.7 Å². The van der Waals surface area contributed by atoms with Crippen molar-refractivity contribution in [2.75, 3.05) is 34.5 Å². The minimum atomic E-state index is -0.331. The molecule has 2 N–H and O–H groups in total. The first-order chi connectivity index (χ1) is 15.0. The minimum absolute atomic E-state index is 0.141. The molecule has 0 heterocycles. The molecule has 2 aromatic carbocycles. The van der Waals surface area contributed by atoms with Crippen LogP contribution in [0.5, 0.6) is 23.0 Å². The molecule has 168 valence electrons. The van der Waals surface area contributed by atoms with Gasteiger partial charge in [-0.25, -0.2) is 0 Å². The fourth-order valence-corrected chi connectivity index (χ4v) is 2.80. The van der Waals surface area contributed by atoms with Gasteiger partial charge in [-0.05, 0) is 48.4 Å². The lowest BCUT2D eigenvalue weighted by Crippen LogP contribution is -2.36. The molecular formula is C23H30N2O6. The number of amides is 2. The highest BCUT2D eigenvalue weighted by atomic mass is 16.5. The van der Waals surface area contributed by atoms with Crippen LogP contribution in [0.3, 0.4) is 0 Å². The predicted molar refractivity (Wildman–Crippen MR) is 117 cm³/mol. The van der Waals surface area contributed by atoms with Crippen LogP contribution in [0.4, 0.5) is 0 Å². The third kappa shape index (κ3) is 7.09. The highest BCUT2D eigenvalue weighted by molar-refractivity contribution is 5.96. The van der Waals surface area contributed by atoms with Crippen molar-refractivity contribution < 1.29 is 28.5 Å². The van der Waals surface area contributed by atoms with Crippen LogP contribution in [0.2, 0.25) is 0 Å². The van der Waals surface area contributed by atoms with E-state index in [0.29, 0.717) is 35.2 Å². The lowest BCUT2D eigenvalue weighted by Gasteiger charge is -2.14. The Morgan fingerprint density at radius 3 is 2.10 bits per heavy atom. The lowest BCUT2D eigenvalue weighted by molar-refractivity contribution is -0.120. The zero-order chi connectivity index (χ0) is 22.6. The first-order valence-corrected chi connectivity index (χ1v) is 10.1. The maximum Gasteiger partial charge on any atom is 0.251 e. The molecule has 0 aliphatic heterocycles. The molecule has 0 bridgehead atoms. The number of carbonyl (C=O) groups excluding carboxylic acids is 2. The average Bonchev–Trinajstić information content (AvgIpc) is 2.80. The number of ether oxygens (including phenoxy) is 4. The van der Waals surface area contributed by atoms with Crippen molar-refractivity contribution in [1.82, 2.24) is 10.6 Å². The quantitative estimate of drug-likeness (QED) is 0.503. The second-order valence-corrected chi connectivity index (χ2v) is 6.72. The van der Waals surface area contributed by atoms with E-state index in [1.54, 1.807) is 36.4 Å². The minimum Gasteiger partial charge on any atom is -0.494 e. The van der Waals surface area contributed by atoms with Crippen molar-refractivity contribution in [3.8, 4) is 23.0 Å². The Labute approximate surface area is 182 Å². The lowest BCUT2D eigenvalue weighted by atomic mass is 10.1. The van der Waals surface area contributed by atoms with E-state index in [1.807, 2.05) is 0 Å². The molecule has 31 heavy (non-hydrogen) atoms. The Bertz CT molecular complexity index is 842. The van der Waals surface area contributed by atoms with Gasteiger partial charge in [-0.2, -0.15) is 0 Å². The maximum atomic E-state index is 12.3. The van der Waals surface area contributed by atoms with Crippen molar-refractivity contribution in [2.24, 2.45) is 0 Å². The number of methoxy groups -OCH3 is 3. The molecule has 8 nitrogen and oxygen atoms in total. The molecule has 0 aliphatic rings. The summed E-state index contributed by atoms with van der Waals surface area (Å²) in [6.45, 7) is 2.85. The summed E-state index contributed by atoms with van der Waals surface area (Å²) in [7, 11) is 4.58. The molecule has 0 atom stereocenters. The Morgan fingerprint density at radius 2 is 1.55 bits per heavy atom. The summed E-state index contributed by atoms with van der Waals surface area (Å²) >= 11 is 0. The molecule has 2 rings (SSSR count). The van der Waals surface area contributed by atoms with Crippen LogP contribution >= 0.6 is 0 Å². The Hall–Kier alpha value is -3.42. The first kappa shape index (κ1) is 23.9. The van der Waals surface area contributed by atoms with Gasteiger partial charge < -0.3 is 29.6 Å². The van der Waals surface area contributed by atoms with E-state index in [1.165, 1.54) is 21.3 Å². The Balaban J connectivity index is 1.84. The summed E-state index contributed by atoms with van der Waals surface area (Å²) in [5, 5.41) is 5.37. The van der Waals surface area contributed by atoms with Gasteiger partial charge in [0.2, 0.25) is 11.7 Å². The summed E-state index contributed by atoms with van der Waals surface area (Å²) in [6, 6.07) is 10.3. The highest BCUT2D eigenvalue weighted by Crippen LogP contribution is 2.38. The van der Waals surface area contributed by atoms with E-state index in [-0.39, 0.29) is 24.9 Å². The van der Waals surface area contributed by atoms with Crippen LogP contribution < -0.4 is 29.6 Å². The normalized spacial score (nSPS) is 10.2. The standard InChI is InChI=1S/C23H30N2O6/c1-5-6-11-31-18-9-7-17(8-10-18)23(27)25-15-21(26)24-14-16-12-19(28-2)22(30-4)20(13-16)29-3/h7-10,12-13H,5-6,11,14-15H2,1-4H3,(H,24,26)(H,25,27). The maximum absolute atomic E-state index is 12.3. The zero-order valence-corrected chi connectivity index (χ0v) is 18.4. The third-order valence-electron chi connectivity index (χ3n) is 4.51. The van der Waals surface area contributed by atoms with Crippen molar-refractivity contribution in [2.45, 2.75) is 26.3 Å². The molecule has 0 aromatic heterocycles. The number of unbranched alkanes of at least 4 members (excludes halogenated alkanes) is 1. The van der Waals surface area contributed by atoms with Crippen molar-refractivity contribution in [1.29, 1.82) is 0 Å². The highest BCUT2D eigenvalue weighted by Gasteiger charge is 2.14. The molecule has 0 unspecified atom stereocenters. The number of rotatable bonds is 12. The van der Waals surface area contributed by atoms with Gasteiger partial charge >= 0.3 is 0 Å². The number of carbonyl (C=O) groups is 2. The van der Waals surface area contributed by atoms with E-state index in [0.717, 1.165) is 18.4 Å². The van der Waals surface area contributed by atoms with Gasteiger partial charge in [0, 0.05) is 12.1 Å². The molecule has 0 saturated heterocycles. The fraction of sp³-hybridized carbons (Fsp3) is 0.391. The van der Waals surface area contributed by atoms with Gasteiger partial charge in [-0.15, -0.1) is 0 Å². The fourth-order valence-electron chi connectivity index (χ4n) is 2.80. The Kier molecular flexibility index (Phi) is 9.48. The molecule has 0 fully saturated rings. The number of benzene rings is 2. The topological polar surface area (TPSA) is 95.1 Å². The zero-order valence-electron chi connectivity index (χ0n) is 18.4. The van der Waals surface area contributed by atoms with E-state index in [9.17, 15) is 9.59 Å². The molecule has 2 amide bonds. The SMILES string of the molecule is CCCCOc1ccc(C(=O)NCC(=O)NCc2cc(OC)c(OC)c(OC)c2)cc1. The summed E-state index contributed by atoms with van der Waals surface area (Å²) in [4.78, 5) is 24.4. The van der Waals surface area contributed by atoms with Gasteiger partial charge in [0.05, 0.1) is 34.5 Å². The molecule has 0 radical (unpaired) electrons. The van der Waals surface area contributed by atoms with Crippen molar-refractivity contribution >= 4 is 11.8 Å². The molecular weight excluding hydrogens is 400 g/mol. The smallest absolute Gasteiger partial charge is 0.251 e. The average molecular weight is 431 g/mol. The number of nitrogens with one attached hydrogen (secondary N) is 2. The van der Waals surface area contributed by atoms with Gasteiger partial charge in [-0.1, -0.05) is 13.3 Å². The van der Waals surface area contributed by atoms with Gasteiger partial charge in [-0.3, -0.25) is 9.59 Å². The summed E-state index contributed by atoms with van der Waals surface area (Å²) in [5.41, 5.74) is 1.23. The summed E-state index contributed by atoms with van der Waals surface area (Å²) in [5.74, 6) is 1.55. The number of hydrogen-bond donors (Lipinski definition) is 2. The second kappa shape index (κ2) is 12.3. The molecule has 2 aromatic rings. The summed E-state index contributed by atoms with van der Waals surface area (Å²) in [6.07, 6.45) is 2.04. The van der Waals surface area contributed by atoms with Crippen LogP contribution in [0.25, 0.3) is 0 Å². The predicted octanol–water partition coefficient (Wildman–Crippen LogP) is 2.94. The monoisotopic (exact) mass is 430 g/mol. The van der Waals surface area contributed by atoms with Crippen LogP contribution in [0.15, 0.2) is 36.4 Å². The van der Waals surface area contributed by atoms with Crippen LogP contribution in [0, 0.1) is 0 Å². The van der Waals surface area contributed by atoms with Crippen molar-refractivity contribution in [3.05, 3.63) is 47.5 Å². The molecule has 8 heteroatoms. The third-order valence-corrected chi connectivity index (χ3v) is 4.51. The van der Waals surface area contributed by atoms with Gasteiger partial charge in [0.15, 0.2) is 11.5 Å². The molecule has 0 spiro atoms. The first-order valence-electron chi connectivity index (χ1n) is 10.1. The van der Waals surface area contributed by atoms with E-state index in [4.69, 9.17) is 18.9 Å².